The number of hydrogen-bond donors (Lipinski definition) is 2. The molecule has 0 aliphatic heterocycles. The van der Waals surface area contributed by atoms with Crippen molar-refractivity contribution >= 4 is 11.9 Å². The van der Waals surface area contributed by atoms with E-state index < -0.39 is 18.0 Å². The lowest BCUT2D eigenvalue weighted by Gasteiger charge is -2.17. The lowest BCUT2D eigenvalue weighted by Crippen LogP contribution is -2.27. The van der Waals surface area contributed by atoms with Crippen LogP contribution in [0.2, 0.25) is 0 Å². The largest absolute Gasteiger partial charge is 0.419 e. The summed E-state index contributed by atoms with van der Waals surface area (Å²) in [5.41, 5.74) is 1.09. The van der Waals surface area contributed by atoms with Crippen LogP contribution in [0, 0.1) is 0 Å². The summed E-state index contributed by atoms with van der Waals surface area (Å²) in [6.07, 6.45) is 5.05. The van der Waals surface area contributed by atoms with Crippen LogP contribution in [0.5, 0.6) is 11.5 Å². The van der Waals surface area contributed by atoms with E-state index in [9.17, 15) is 14.7 Å². The summed E-state index contributed by atoms with van der Waals surface area (Å²) in [6, 6.07) is 10.8. The zero-order valence-electron chi connectivity index (χ0n) is 17.2. The van der Waals surface area contributed by atoms with Gasteiger partial charge in [0.15, 0.2) is 11.5 Å². The minimum absolute atomic E-state index is 0.0188. The summed E-state index contributed by atoms with van der Waals surface area (Å²) < 4.78 is 10.9. The summed E-state index contributed by atoms with van der Waals surface area (Å²) in [7, 11) is 0. The predicted molar refractivity (Wildman–Crippen MR) is 113 cm³/mol. The van der Waals surface area contributed by atoms with E-state index >= 15 is 0 Å². The van der Waals surface area contributed by atoms with Crippen LogP contribution in [0.3, 0.4) is 0 Å². The number of carbonyl (C=O) groups is 2. The number of rotatable bonds is 8. The first-order valence-electron chi connectivity index (χ1n) is 9.74. The van der Waals surface area contributed by atoms with Gasteiger partial charge in [-0.1, -0.05) is 19.9 Å². The number of carbonyl (C=O) groups excluding carboxylic acids is 2. The van der Waals surface area contributed by atoms with E-state index in [0.29, 0.717) is 17.7 Å². The molecule has 3 aromatic rings. The summed E-state index contributed by atoms with van der Waals surface area (Å²) in [5.74, 6) is -1.20. The third-order valence-electron chi connectivity index (χ3n) is 4.31. The van der Waals surface area contributed by atoms with Crippen LogP contribution in [0.15, 0.2) is 67.3 Å². The molecular weight excluding hydrogens is 398 g/mol. The van der Waals surface area contributed by atoms with Crippen molar-refractivity contribution in [3.05, 3.63) is 83.9 Å². The number of ether oxygens (including phenoxy) is 2. The fourth-order valence-electron chi connectivity index (χ4n) is 2.65. The molecule has 0 bridgehead atoms. The molecule has 0 amide bonds. The van der Waals surface area contributed by atoms with Gasteiger partial charge in [-0.05, 0) is 42.0 Å². The minimum Gasteiger partial charge on any atom is -0.419 e. The molecule has 0 spiro atoms. The third kappa shape index (κ3) is 6.18. The average molecular weight is 421 g/mol. The highest BCUT2D eigenvalue weighted by Gasteiger charge is 2.19. The van der Waals surface area contributed by atoms with Crippen LogP contribution >= 0.6 is 0 Å². The van der Waals surface area contributed by atoms with Gasteiger partial charge >= 0.3 is 11.9 Å². The maximum atomic E-state index is 12.5. The maximum absolute atomic E-state index is 12.5. The molecule has 0 radical (unpaired) electrons. The molecule has 31 heavy (non-hydrogen) atoms. The van der Waals surface area contributed by atoms with E-state index in [1.165, 1.54) is 61.2 Å². The number of hydrogen-bond acceptors (Lipinski definition) is 8. The molecule has 1 unspecified atom stereocenters. The first-order valence-corrected chi connectivity index (χ1v) is 9.74. The van der Waals surface area contributed by atoms with Gasteiger partial charge in [-0.3, -0.25) is 9.97 Å². The molecular formula is C23H23N3O5. The van der Waals surface area contributed by atoms with Crippen molar-refractivity contribution in [3.63, 3.8) is 0 Å². The Morgan fingerprint density at radius 1 is 0.871 bits per heavy atom. The number of aliphatic hydroxyl groups is 1. The van der Waals surface area contributed by atoms with Crippen molar-refractivity contribution in [2.24, 2.45) is 0 Å². The lowest BCUT2D eigenvalue weighted by molar-refractivity contribution is 0.0681. The highest BCUT2D eigenvalue weighted by molar-refractivity contribution is 5.93. The molecule has 8 heteroatoms. The molecule has 0 aliphatic rings. The fraction of sp³-hybridized carbons (Fsp3) is 0.217. The van der Waals surface area contributed by atoms with E-state index in [4.69, 9.17) is 9.47 Å². The van der Waals surface area contributed by atoms with Gasteiger partial charge in [0.05, 0.1) is 17.2 Å². The van der Waals surface area contributed by atoms with E-state index in [2.05, 4.69) is 15.3 Å². The minimum atomic E-state index is -0.842. The first kappa shape index (κ1) is 22.1. The van der Waals surface area contributed by atoms with Crippen molar-refractivity contribution in [2.45, 2.75) is 26.0 Å². The fourth-order valence-corrected chi connectivity index (χ4v) is 2.65. The van der Waals surface area contributed by atoms with E-state index in [-0.39, 0.29) is 23.1 Å². The molecule has 0 fully saturated rings. The monoisotopic (exact) mass is 421 g/mol. The standard InChI is InChI=1S/C23H23N3O5/c1-15(2)26-14-19(27)18-3-4-20(30-22(28)16-5-9-24-10-6-16)21(13-18)31-23(29)17-7-11-25-12-8-17/h3-13,15,19,26-27H,14H2,1-2H3. The van der Waals surface area contributed by atoms with Gasteiger partial charge in [0.1, 0.15) is 0 Å². The van der Waals surface area contributed by atoms with E-state index in [1.807, 2.05) is 13.8 Å². The van der Waals surface area contributed by atoms with Gasteiger partial charge < -0.3 is 19.9 Å². The molecule has 3 rings (SSSR count). The molecule has 2 heterocycles. The second-order valence-corrected chi connectivity index (χ2v) is 7.04. The molecule has 0 saturated heterocycles. The molecule has 160 valence electrons. The summed E-state index contributed by atoms with van der Waals surface area (Å²) in [4.78, 5) is 32.8. The summed E-state index contributed by atoms with van der Waals surface area (Å²) in [6.45, 7) is 4.25. The van der Waals surface area contributed by atoms with Gasteiger partial charge in [-0.25, -0.2) is 9.59 Å². The van der Waals surface area contributed by atoms with Crippen molar-refractivity contribution in [2.75, 3.05) is 6.54 Å². The second-order valence-electron chi connectivity index (χ2n) is 7.04. The Morgan fingerprint density at radius 3 is 1.90 bits per heavy atom. The number of pyridine rings is 2. The van der Waals surface area contributed by atoms with Crippen LogP contribution in [0.4, 0.5) is 0 Å². The highest BCUT2D eigenvalue weighted by atomic mass is 16.6. The van der Waals surface area contributed by atoms with Gasteiger partial charge in [-0.15, -0.1) is 0 Å². The number of aliphatic hydroxyl groups excluding tert-OH is 1. The van der Waals surface area contributed by atoms with Crippen molar-refractivity contribution < 1.29 is 24.2 Å². The van der Waals surface area contributed by atoms with Crippen LogP contribution < -0.4 is 14.8 Å². The lowest BCUT2D eigenvalue weighted by atomic mass is 10.1. The maximum Gasteiger partial charge on any atom is 0.343 e. The molecule has 2 N–H and O–H groups in total. The van der Waals surface area contributed by atoms with Crippen molar-refractivity contribution in [3.8, 4) is 11.5 Å². The van der Waals surface area contributed by atoms with Crippen molar-refractivity contribution in [1.29, 1.82) is 0 Å². The molecule has 1 atom stereocenters. The van der Waals surface area contributed by atoms with Gasteiger partial charge in [0.2, 0.25) is 0 Å². The number of esters is 2. The van der Waals surface area contributed by atoms with Crippen LogP contribution in [0.1, 0.15) is 46.2 Å². The van der Waals surface area contributed by atoms with Gasteiger partial charge in [0, 0.05) is 37.4 Å². The van der Waals surface area contributed by atoms with Crippen molar-refractivity contribution in [1.82, 2.24) is 15.3 Å². The topological polar surface area (TPSA) is 111 Å². The normalized spacial score (nSPS) is 11.7. The average Bonchev–Trinajstić information content (AvgIpc) is 2.79. The van der Waals surface area contributed by atoms with E-state index in [1.54, 1.807) is 6.07 Å². The second kappa shape index (κ2) is 10.4. The van der Waals surface area contributed by atoms with Gasteiger partial charge in [0.25, 0.3) is 0 Å². The van der Waals surface area contributed by atoms with Crippen LogP contribution in [-0.2, 0) is 0 Å². The zero-order chi connectivity index (χ0) is 22.2. The molecule has 1 aromatic carbocycles. The summed E-state index contributed by atoms with van der Waals surface area (Å²) in [5, 5.41) is 13.6. The Balaban J connectivity index is 1.87. The number of benzene rings is 1. The number of aromatic nitrogens is 2. The molecule has 2 aromatic heterocycles. The first-order chi connectivity index (χ1) is 14.9. The molecule has 0 saturated carbocycles. The highest BCUT2D eigenvalue weighted by Crippen LogP contribution is 2.32. The Hall–Kier alpha value is -3.62. The molecule has 0 aliphatic carbocycles. The third-order valence-corrected chi connectivity index (χ3v) is 4.31. The quantitative estimate of drug-likeness (QED) is 0.422. The number of nitrogens with zero attached hydrogens (tertiary/aromatic N) is 2. The smallest absolute Gasteiger partial charge is 0.343 e. The predicted octanol–water partition coefficient (Wildman–Crippen LogP) is 2.95. The Labute approximate surface area is 179 Å². The van der Waals surface area contributed by atoms with Crippen LogP contribution in [0.25, 0.3) is 0 Å². The Bertz CT molecular complexity index is 1030. The Morgan fingerprint density at radius 2 is 1.39 bits per heavy atom. The zero-order valence-corrected chi connectivity index (χ0v) is 17.2. The van der Waals surface area contributed by atoms with Crippen LogP contribution in [-0.4, -0.2) is 39.6 Å². The summed E-state index contributed by atoms with van der Waals surface area (Å²) >= 11 is 0. The number of nitrogens with one attached hydrogen (secondary N) is 1. The Kier molecular flexibility index (Phi) is 7.42. The van der Waals surface area contributed by atoms with E-state index in [0.717, 1.165) is 0 Å². The SMILES string of the molecule is CC(C)NCC(O)c1ccc(OC(=O)c2ccncc2)c(OC(=O)c2ccncc2)c1. The molecule has 8 nitrogen and oxygen atoms in total. The van der Waals surface area contributed by atoms with Gasteiger partial charge in [-0.2, -0.15) is 0 Å².